The minimum absolute atomic E-state index is 0.172. The molecule has 1 aliphatic heterocycles. The van der Waals surface area contributed by atoms with E-state index >= 15 is 0 Å². The second-order valence-electron chi connectivity index (χ2n) is 8.86. The van der Waals surface area contributed by atoms with Gasteiger partial charge in [-0.1, -0.05) is 38.8 Å². The number of urea groups is 1. The van der Waals surface area contributed by atoms with Gasteiger partial charge in [0, 0.05) is 23.8 Å². The van der Waals surface area contributed by atoms with Gasteiger partial charge in [-0.05, 0) is 67.3 Å². The van der Waals surface area contributed by atoms with Crippen molar-refractivity contribution in [2.75, 3.05) is 25.0 Å². The van der Waals surface area contributed by atoms with Gasteiger partial charge in [-0.3, -0.25) is 4.90 Å². The van der Waals surface area contributed by atoms with Gasteiger partial charge >= 0.3 is 6.03 Å². The molecule has 2 N–H and O–H groups in total. The van der Waals surface area contributed by atoms with Crippen molar-refractivity contribution in [2.45, 2.75) is 64.5 Å². The minimum atomic E-state index is -0.172. The van der Waals surface area contributed by atoms with Gasteiger partial charge in [-0.15, -0.1) is 5.10 Å². The van der Waals surface area contributed by atoms with Crippen LogP contribution in [0.25, 0.3) is 11.4 Å². The standard InChI is InChI=1S/C22H33N7O/c1-16(2)20(28-12-5-3-4-6-13-28)15-23-22(30)24-18-9-7-8-17(14-18)21-25-26-27-29(21)19-10-11-19/h7-9,14,16,19-20H,3-6,10-13,15H2,1-2H3,(H2,23,24,30). The van der Waals surface area contributed by atoms with E-state index < -0.39 is 0 Å². The van der Waals surface area contributed by atoms with Crippen molar-refractivity contribution >= 4 is 11.7 Å². The van der Waals surface area contributed by atoms with Crippen LogP contribution in [0.5, 0.6) is 0 Å². The SMILES string of the molecule is CC(C)C(CNC(=O)Nc1cccc(-c2nnnn2C2CC2)c1)N1CCCCCC1. The maximum absolute atomic E-state index is 12.6. The number of benzene rings is 1. The van der Waals surface area contributed by atoms with Crippen LogP contribution in [0.15, 0.2) is 24.3 Å². The zero-order valence-corrected chi connectivity index (χ0v) is 18.0. The lowest BCUT2D eigenvalue weighted by Crippen LogP contribution is -2.48. The van der Waals surface area contributed by atoms with Gasteiger partial charge in [-0.25, -0.2) is 9.48 Å². The van der Waals surface area contributed by atoms with Gasteiger partial charge in [0.05, 0.1) is 6.04 Å². The topological polar surface area (TPSA) is 88.0 Å². The Bertz CT molecular complexity index is 838. The zero-order chi connectivity index (χ0) is 20.9. The summed E-state index contributed by atoms with van der Waals surface area (Å²) in [5, 5.41) is 18.2. The molecule has 8 heteroatoms. The number of hydrogen-bond donors (Lipinski definition) is 2. The predicted octanol–water partition coefficient (Wildman–Crippen LogP) is 3.70. The normalized spacial score (nSPS) is 18.8. The largest absolute Gasteiger partial charge is 0.336 e. The van der Waals surface area contributed by atoms with E-state index in [-0.39, 0.29) is 6.03 Å². The first-order valence-corrected chi connectivity index (χ1v) is 11.3. The third-order valence-electron chi connectivity index (χ3n) is 6.12. The van der Waals surface area contributed by atoms with E-state index in [0.29, 0.717) is 24.5 Å². The molecule has 1 saturated carbocycles. The maximum atomic E-state index is 12.6. The highest BCUT2D eigenvalue weighted by atomic mass is 16.2. The first-order chi connectivity index (χ1) is 14.6. The summed E-state index contributed by atoms with van der Waals surface area (Å²) < 4.78 is 1.88. The van der Waals surface area contributed by atoms with Crippen LogP contribution in [0.2, 0.25) is 0 Å². The van der Waals surface area contributed by atoms with Crippen molar-refractivity contribution in [3.8, 4) is 11.4 Å². The molecular weight excluding hydrogens is 378 g/mol. The maximum Gasteiger partial charge on any atom is 0.319 e. The summed E-state index contributed by atoms with van der Waals surface area (Å²) in [5.41, 5.74) is 1.65. The van der Waals surface area contributed by atoms with Crippen LogP contribution >= 0.6 is 0 Å². The molecule has 2 heterocycles. The summed E-state index contributed by atoms with van der Waals surface area (Å²) in [6.45, 7) is 7.39. The summed E-state index contributed by atoms with van der Waals surface area (Å²) >= 11 is 0. The second kappa shape index (κ2) is 9.55. The van der Waals surface area contributed by atoms with Crippen LogP contribution in [0, 0.1) is 5.92 Å². The van der Waals surface area contributed by atoms with Gasteiger partial charge in [0.15, 0.2) is 5.82 Å². The summed E-state index contributed by atoms with van der Waals surface area (Å²) in [7, 11) is 0. The molecule has 2 aliphatic rings. The molecule has 0 radical (unpaired) electrons. The quantitative estimate of drug-likeness (QED) is 0.725. The molecule has 1 saturated heterocycles. The third kappa shape index (κ3) is 5.16. The highest BCUT2D eigenvalue weighted by Crippen LogP contribution is 2.36. The summed E-state index contributed by atoms with van der Waals surface area (Å²) in [6.07, 6.45) is 7.37. The van der Waals surface area contributed by atoms with Crippen molar-refractivity contribution in [3.05, 3.63) is 24.3 Å². The molecule has 1 aliphatic carbocycles. The fourth-order valence-electron chi connectivity index (χ4n) is 4.27. The first kappa shape index (κ1) is 20.8. The molecule has 1 aromatic carbocycles. The Kier molecular flexibility index (Phi) is 6.62. The Balaban J connectivity index is 1.36. The first-order valence-electron chi connectivity index (χ1n) is 11.3. The van der Waals surface area contributed by atoms with Crippen molar-refractivity contribution in [3.63, 3.8) is 0 Å². The molecule has 0 spiro atoms. The molecule has 2 aromatic rings. The lowest BCUT2D eigenvalue weighted by molar-refractivity contribution is 0.158. The second-order valence-corrected chi connectivity index (χ2v) is 8.86. The Morgan fingerprint density at radius 2 is 1.93 bits per heavy atom. The fourth-order valence-corrected chi connectivity index (χ4v) is 4.27. The molecule has 2 fully saturated rings. The van der Waals surface area contributed by atoms with Crippen molar-refractivity contribution in [2.24, 2.45) is 5.92 Å². The predicted molar refractivity (Wildman–Crippen MR) is 117 cm³/mol. The van der Waals surface area contributed by atoms with Gasteiger partial charge < -0.3 is 10.6 Å². The van der Waals surface area contributed by atoms with Crippen LogP contribution in [0.1, 0.15) is 58.4 Å². The Morgan fingerprint density at radius 1 is 1.17 bits per heavy atom. The molecule has 162 valence electrons. The number of nitrogens with one attached hydrogen (secondary N) is 2. The number of anilines is 1. The average molecular weight is 412 g/mol. The Hall–Kier alpha value is -2.48. The van der Waals surface area contributed by atoms with E-state index in [1.165, 1.54) is 25.7 Å². The summed E-state index contributed by atoms with van der Waals surface area (Å²) in [5.74, 6) is 1.25. The van der Waals surface area contributed by atoms with Crippen LogP contribution in [-0.2, 0) is 0 Å². The highest BCUT2D eigenvalue weighted by molar-refractivity contribution is 5.89. The van der Waals surface area contributed by atoms with E-state index in [1.807, 2.05) is 28.9 Å². The molecule has 1 unspecified atom stereocenters. The Labute approximate surface area is 178 Å². The number of likely N-dealkylation sites (tertiary alicyclic amines) is 1. The van der Waals surface area contributed by atoms with Gasteiger partial charge in [-0.2, -0.15) is 0 Å². The van der Waals surface area contributed by atoms with E-state index in [0.717, 1.165) is 43.0 Å². The van der Waals surface area contributed by atoms with Crippen LogP contribution in [0.4, 0.5) is 10.5 Å². The van der Waals surface area contributed by atoms with Crippen LogP contribution in [0.3, 0.4) is 0 Å². The average Bonchev–Trinajstić information content (AvgIpc) is 3.51. The van der Waals surface area contributed by atoms with Crippen LogP contribution < -0.4 is 10.6 Å². The minimum Gasteiger partial charge on any atom is -0.336 e. The molecule has 0 bridgehead atoms. The summed E-state index contributed by atoms with van der Waals surface area (Å²) in [4.78, 5) is 15.1. The monoisotopic (exact) mass is 411 g/mol. The lowest BCUT2D eigenvalue weighted by Gasteiger charge is -2.33. The highest BCUT2D eigenvalue weighted by Gasteiger charge is 2.28. The van der Waals surface area contributed by atoms with Gasteiger partial charge in [0.2, 0.25) is 0 Å². The molecule has 2 amide bonds. The lowest BCUT2D eigenvalue weighted by atomic mass is 10.0. The summed E-state index contributed by atoms with van der Waals surface area (Å²) in [6, 6.07) is 8.31. The van der Waals surface area contributed by atoms with Crippen LogP contribution in [-0.4, -0.2) is 56.8 Å². The van der Waals surface area contributed by atoms with E-state index in [2.05, 4.69) is 44.9 Å². The molecule has 30 heavy (non-hydrogen) atoms. The smallest absolute Gasteiger partial charge is 0.319 e. The van der Waals surface area contributed by atoms with E-state index in [1.54, 1.807) is 0 Å². The van der Waals surface area contributed by atoms with Gasteiger partial charge in [0.25, 0.3) is 0 Å². The van der Waals surface area contributed by atoms with E-state index in [4.69, 9.17) is 0 Å². The van der Waals surface area contributed by atoms with Gasteiger partial charge in [0.1, 0.15) is 0 Å². The third-order valence-corrected chi connectivity index (χ3v) is 6.12. The Morgan fingerprint density at radius 3 is 2.63 bits per heavy atom. The molecule has 4 rings (SSSR count). The number of aromatic nitrogens is 4. The van der Waals surface area contributed by atoms with Crippen molar-refractivity contribution < 1.29 is 4.79 Å². The number of tetrazole rings is 1. The number of carbonyl (C=O) groups is 1. The number of carbonyl (C=O) groups excluding carboxylic acids is 1. The van der Waals surface area contributed by atoms with Crippen molar-refractivity contribution in [1.82, 2.24) is 30.4 Å². The van der Waals surface area contributed by atoms with E-state index in [9.17, 15) is 4.79 Å². The van der Waals surface area contributed by atoms with Crippen molar-refractivity contribution in [1.29, 1.82) is 0 Å². The fraction of sp³-hybridized carbons (Fsp3) is 0.636. The number of amides is 2. The zero-order valence-electron chi connectivity index (χ0n) is 18.0. The molecular formula is C22H33N7O. The molecule has 1 aromatic heterocycles. The number of rotatable bonds is 7. The number of nitrogens with zero attached hydrogens (tertiary/aromatic N) is 5. The molecule has 8 nitrogen and oxygen atoms in total. The number of hydrogen-bond acceptors (Lipinski definition) is 5. The molecule has 1 atom stereocenters.